The van der Waals surface area contributed by atoms with Gasteiger partial charge >= 0.3 is 0 Å². The molecule has 1 aromatic rings. The van der Waals surface area contributed by atoms with Gasteiger partial charge in [-0.3, -0.25) is 0 Å². The number of hydrogen-bond donors (Lipinski definition) is 2. The molecule has 11 heavy (non-hydrogen) atoms. The van der Waals surface area contributed by atoms with Crippen LogP contribution in [0.15, 0.2) is 24.3 Å². The number of nitrogens with zero attached hydrogens (tertiary/aromatic N) is 1. The van der Waals surface area contributed by atoms with E-state index in [0.717, 1.165) is 0 Å². The van der Waals surface area contributed by atoms with Crippen LogP contribution >= 0.6 is 0 Å². The molecule has 56 valence electrons. The molecule has 0 unspecified atom stereocenters. The van der Waals surface area contributed by atoms with Gasteiger partial charge in [0, 0.05) is 0 Å². The maximum absolute atomic E-state index is 8.98. The first-order valence-electron chi connectivity index (χ1n) is 3.10. The number of aromatic hydroxyl groups is 1. The molecule has 2 N–H and O–H groups in total. The van der Waals surface area contributed by atoms with Gasteiger partial charge in [0.2, 0.25) is 0 Å². The van der Waals surface area contributed by atoms with E-state index < -0.39 is 6.10 Å². The van der Waals surface area contributed by atoms with Crippen LogP contribution in [0.3, 0.4) is 0 Å². The van der Waals surface area contributed by atoms with Crippen LogP contribution in [0, 0.1) is 11.3 Å². The Kier molecular flexibility index (Phi) is 2.09. The summed E-state index contributed by atoms with van der Waals surface area (Å²) >= 11 is 0. The van der Waals surface area contributed by atoms with Gasteiger partial charge in [-0.15, -0.1) is 0 Å². The van der Waals surface area contributed by atoms with Crippen molar-refractivity contribution < 1.29 is 10.2 Å². The van der Waals surface area contributed by atoms with E-state index in [0.29, 0.717) is 5.56 Å². The zero-order valence-corrected chi connectivity index (χ0v) is 5.73. The van der Waals surface area contributed by atoms with E-state index in [1.165, 1.54) is 12.1 Å². The third kappa shape index (κ3) is 1.69. The molecule has 0 radical (unpaired) electrons. The number of phenolic OH excluding ortho intramolecular Hbond substituents is 1. The fourth-order valence-corrected chi connectivity index (χ4v) is 0.769. The van der Waals surface area contributed by atoms with Crippen LogP contribution in [0.5, 0.6) is 5.75 Å². The smallest absolute Gasteiger partial charge is 0.166 e. The van der Waals surface area contributed by atoms with Gasteiger partial charge < -0.3 is 10.2 Å². The van der Waals surface area contributed by atoms with E-state index in [2.05, 4.69) is 0 Å². The normalized spacial score (nSPS) is 12.0. The third-order valence-electron chi connectivity index (χ3n) is 1.31. The van der Waals surface area contributed by atoms with Crippen molar-refractivity contribution in [2.24, 2.45) is 0 Å². The Bertz CT molecular complexity index is 290. The highest BCUT2D eigenvalue weighted by Gasteiger charge is 2.04. The summed E-state index contributed by atoms with van der Waals surface area (Å²) in [6.07, 6.45) is -1.15. The van der Waals surface area contributed by atoms with Crippen molar-refractivity contribution in [1.82, 2.24) is 0 Å². The second-order valence-corrected chi connectivity index (χ2v) is 2.13. The first-order chi connectivity index (χ1) is 5.24. The van der Waals surface area contributed by atoms with E-state index in [9.17, 15) is 0 Å². The second-order valence-electron chi connectivity index (χ2n) is 2.13. The minimum absolute atomic E-state index is 0.0526. The van der Waals surface area contributed by atoms with E-state index in [-0.39, 0.29) is 5.75 Å². The van der Waals surface area contributed by atoms with Crippen molar-refractivity contribution in [1.29, 1.82) is 5.26 Å². The van der Waals surface area contributed by atoms with E-state index in [4.69, 9.17) is 15.5 Å². The summed E-state index contributed by atoms with van der Waals surface area (Å²) in [5.74, 6) is 0.0526. The Balaban J connectivity index is 2.98. The van der Waals surface area contributed by atoms with Gasteiger partial charge in [0.15, 0.2) is 6.10 Å². The first kappa shape index (κ1) is 7.58. The predicted molar refractivity (Wildman–Crippen MR) is 38.7 cm³/mol. The Morgan fingerprint density at radius 1 is 1.45 bits per heavy atom. The monoisotopic (exact) mass is 149 g/mol. The molecule has 3 nitrogen and oxygen atoms in total. The van der Waals surface area contributed by atoms with Gasteiger partial charge in [0.25, 0.3) is 0 Å². The molecule has 0 aliphatic heterocycles. The molecule has 0 heterocycles. The van der Waals surface area contributed by atoms with Crippen molar-refractivity contribution in [2.45, 2.75) is 6.10 Å². The SMILES string of the molecule is N#C[C@@H](O)c1cccc(O)c1. The van der Waals surface area contributed by atoms with Gasteiger partial charge in [-0.05, 0) is 17.7 Å². The van der Waals surface area contributed by atoms with Crippen molar-refractivity contribution in [3.63, 3.8) is 0 Å². The van der Waals surface area contributed by atoms with Crippen LogP contribution in [-0.2, 0) is 0 Å². The molecule has 1 aromatic carbocycles. The average molecular weight is 149 g/mol. The number of rotatable bonds is 1. The standard InChI is InChI=1S/C8H7NO2/c9-5-8(11)6-2-1-3-7(10)4-6/h1-4,8,10-11H/t8-/m1/s1. The molecule has 0 fully saturated rings. The maximum atomic E-state index is 8.98. The molecule has 0 aliphatic rings. The fourth-order valence-electron chi connectivity index (χ4n) is 0.769. The molecule has 0 aliphatic carbocycles. The number of phenols is 1. The number of aliphatic hydroxyl groups excluding tert-OH is 1. The zero-order valence-electron chi connectivity index (χ0n) is 5.73. The summed E-state index contributed by atoms with van der Waals surface area (Å²) in [7, 11) is 0. The molecule has 0 saturated heterocycles. The summed E-state index contributed by atoms with van der Waals surface area (Å²) < 4.78 is 0. The zero-order chi connectivity index (χ0) is 8.27. The highest BCUT2D eigenvalue weighted by molar-refractivity contribution is 5.30. The topological polar surface area (TPSA) is 64.2 Å². The Labute approximate surface area is 64.1 Å². The predicted octanol–water partition coefficient (Wildman–Crippen LogP) is 0.949. The molecular formula is C8H7NO2. The number of hydrogen-bond acceptors (Lipinski definition) is 3. The van der Waals surface area contributed by atoms with Crippen molar-refractivity contribution in [2.75, 3.05) is 0 Å². The van der Waals surface area contributed by atoms with Crippen molar-refractivity contribution >= 4 is 0 Å². The van der Waals surface area contributed by atoms with Gasteiger partial charge in [0.1, 0.15) is 5.75 Å². The van der Waals surface area contributed by atoms with Crippen LogP contribution < -0.4 is 0 Å². The minimum Gasteiger partial charge on any atom is -0.508 e. The van der Waals surface area contributed by atoms with E-state index >= 15 is 0 Å². The molecule has 0 amide bonds. The third-order valence-corrected chi connectivity index (χ3v) is 1.31. The molecule has 3 heteroatoms. The van der Waals surface area contributed by atoms with Gasteiger partial charge in [0.05, 0.1) is 6.07 Å². The Morgan fingerprint density at radius 2 is 2.18 bits per heavy atom. The van der Waals surface area contributed by atoms with Crippen molar-refractivity contribution in [3.8, 4) is 11.8 Å². The number of benzene rings is 1. The Hall–Kier alpha value is -1.53. The van der Waals surface area contributed by atoms with E-state index in [1.54, 1.807) is 18.2 Å². The van der Waals surface area contributed by atoms with Gasteiger partial charge in [-0.1, -0.05) is 12.1 Å². The number of nitriles is 1. The second kappa shape index (κ2) is 3.04. The lowest BCUT2D eigenvalue weighted by molar-refractivity contribution is 0.235. The van der Waals surface area contributed by atoms with E-state index in [1.807, 2.05) is 0 Å². The van der Waals surface area contributed by atoms with Gasteiger partial charge in [-0.2, -0.15) is 5.26 Å². The quantitative estimate of drug-likeness (QED) is 0.584. The number of aliphatic hydroxyl groups is 1. The summed E-state index contributed by atoms with van der Waals surface area (Å²) in [5.41, 5.74) is 0.410. The van der Waals surface area contributed by atoms with Crippen LogP contribution in [0.2, 0.25) is 0 Å². The molecule has 1 atom stereocenters. The lowest BCUT2D eigenvalue weighted by atomic mass is 10.1. The highest BCUT2D eigenvalue weighted by atomic mass is 16.3. The van der Waals surface area contributed by atoms with Crippen LogP contribution in [0.4, 0.5) is 0 Å². The van der Waals surface area contributed by atoms with Crippen molar-refractivity contribution in [3.05, 3.63) is 29.8 Å². The average Bonchev–Trinajstić information content (AvgIpc) is 2.03. The Morgan fingerprint density at radius 3 is 2.73 bits per heavy atom. The molecule has 0 aromatic heterocycles. The largest absolute Gasteiger partial charge is 0.508 e. The molecule has 0 saturated carbocycles. The van der Waals surface area contributed by atoms with Crippen LogP contribution in [-0.4, -0.2) is 10.2 Å². The summed E-state index contributed by atoms with van der Waals surface area (Å²) in [5, 5.41) is 26.2. The molecular weight excluding hydrogens is 142 g/mol. The first-order valence-corrected chi connectivity index (χ1v) is 3.10. The summed E-state index contributed by atoms with van der Waals surface area (Å²) in [6, 6.07) is 7.64. The lowest BCUT2D eigenvalue weighted by Crippen LogP contribution is -1.91. The lowest BCUT2D eigenvalue weighted by Gasteiger charge is -2.00. The maximum Gasteiger partial charge on any atom is 0.166 e. The van der Waals surface area contributed by atoms with Crippen LogP contribution in [0.1, 0.15) is 11.7 Å². The highest BCUT2D eigenvalue weighted by Crippen LogP contribution is 2.16. The fraction of sp³-hybridized carbons (Fsp3) is 0.125. The molecule has 0 bridgehead atoms. The molecule has 0 spiro atoms. The van der Waals surface area contributed by atoms with Crippen LogP contribution in [0.25, 0.3) is 0 Å². The summed E-state index contributed by atoms with van der Waals surface area (Å²) in [6.45, 7) is 0. The van der Waals surface area contributed by atoms with Gasteiger partial charge in [-0.25, -0.2) is 0 Å². The minimum atomic E-state index is -1.15. The molecule has 1 rings (SSSR count). The summed E-state index contributed by atoms with van der Waals surface area (Å²) in [4.78, 5) is 0.